The molecule has 0 aliphatic heterocycles. The van der Waals surface area contributed by atoms with Gasteiger partial charge in [-0.15, -0.1) is 0 Å². The second-order valence-corrected chi connectivity index (χ2v) is 4.26. The van der Waals surface area contributed by atoms with Crippen molar-refractivity contribution in [1.29, 1.82) is 0 Å². The van der Waals surface area contributed by atoms with Crippen LogP contribution in [0.15, 0.2) is 30.3 Å². The van der Waals surface area contributed by atoms with Crippen LogP contribution in [0.3, 0.4) is 0 Å². The number of amides is 1. The molecule has 0 bridgehead atoms. The third kappa shape index (κ3) is 3.03. The Kier molecular flexibility index (Phi) is 4.14. The van der Waals surface area contributed by atoms with E-state index in [0.717, 1.165) is 6.07 Å². The molecular weight excluding hydrogens is 288 g/mol. The molecule has 0 radical (unpaired) electrons. The molecule has 0 spiro atoms. The highest BCUT2D eigenvalue weighted by molar-refractivity contribution is 6.30. The predicted molar refractivity (Wildman–Crippen MR) is 73.1 cm³/mol. The average molecular weight is 298 g/mol. The largest absolute Gasteiger partial charge is 0.373 e. The summed E-state index contributed by atoms with van der Waals surface area (Å²) in [5.41, 5.74) is -0.0630. The minimum absolute atomic E-state index is 0.113. The quantitative estimate of drug-likeness (QED) is 0.855. The fraction of sp³-hybridized carbons (Fsp3) is 0.0769. The van der Waals surface area contributed by atoms with E-state index in [4.69, 9.17) is 11.6 Å². The molecule has 2 N–H and O–H groups in total. The van der Waals surface area contributed by atoms with Gasteiger partial charge in [0.1, 0.15) is 11.0 Å². The molecule has 0 aliphatic carbocycles. The molecule has 0 aliphatic rings. The van der Waals surface area contributed by atoms with Crippen LogP contribution in [0.1, 0.15) is 10.4 Å². The van der Waals surface area contributed by atoms with Gasteiger partial charge in [0, 0.05) is 12.6 Å². The van der Waals surface area contributed by atoms with Crippen molar-refractivity contribution in [3.63, 3.8) is 0 Å². The summed E-state index contributed by atoms with van der Waals surface area (Å²) in [6.07, 6.45) is 0. The number of benzene rings is 1. The Morgan fingerprint density at radius 3 is 2.75 bits per heavy atom. The number of halogens is 3. The third-order valence-electron chi connectivity index (χ3n) is 2.51. The Bertz CT molecular complexity index is 664. The highest BCUT2D eigenvalue weighted by Crippen LogP contribution is 2.19. The maximum Gasteiger partial charge on any atom is 0.255 e. The maximum atomic E-state index is 13.5. The van der Waals surface area contributed by atoms with Gasteiger partial charge in [-0.3, -0.25) is 4.79 Å². The average Bonchev–Trinajstić information content (AvgIpc) is 2.43. The van der Waals surface area contributed by atoms with Gasteiger partial charge in [-0.25, -0.2) is 13.8 Å². The summed E-state index contributed by atoms with van der Waals surface area (Å²) in [6, 6.07) is 6.30. The topological polar surface area (TPSA) is 54.0 Å². The molecule has 20 heavy (non-hydrogen) atoms. The lowest BCUT2D eigenvalue weighted by atomic mass is 10.2. The molecule has 7 heteroatoms. The fourth-order valence-electron chi connectivity index (χ4n) is 1.55. The van der Waals surface area contributed by atoms with Gasteiger partial charge >= 0.3 is 0 Å². The third-order valence-corrected chi connectivity index (χ3v) is 2.71. The molecule has 2 rings (SSSR count). The molecule has 104 valence electrons. The summed E-state index contributed by atoms with van der Waals surface area (Å²) in [6.45, 7) is 0. The SMILES string of the molecule is CNc1cc(C(=O)Nc2cccc(F)c2F)cc(Cl)n1. The number of hydrogen-bond acceptors (Lipinski definition) is 3. The van der Waals surface area contributed by atoms with Gasteiger partial charge in [0.05, 0.1) is 5.69 Å². The van der Waals surface area contributed by atoms with E-state index < -0.39 is 17.5 Å². The monoisotopic (exact) mass is 297 g/mol. The van der Waals surface area contributed by atoms with E-state index in [0.29, 0.717) is 5.82 Å². The molecule has 1 amide bonds. The molecule has 1 aromatic carbocycles. The van der Waals surface area contributed by atoms with Crippen molar-refractivity contribution in [3.05, 3.63) is 52.7 Å². The number of rotatable bonds is 3. The Morgan fingerprint density at radius 1 is 1.30 bits per heavy atom. The number of carbonyl (C=O) groups excluding carboxylic acids is 1. The summed E-state index contributed by atoms with van der Waals surface area (Å²) in [5, 5.41) is 5.13. The number of pyridine rings is 1. The van der Waals surface area contributed by atoms with Crippen molar-refractivity contribution in [2.75, 3.05) is 17.7 Å². The van der Waals surface area contributed by atoms with Crippen molar-refractivity contribution >= 4 is 29.0 Å². The maximum absolute atomic E-state index is 13.5. The molecular formula is C13H10ClF2N3O. The fourth-order valence-corrected chi connectivity index (χ4v) is 1.76. The lowest BCUT2D eigenvalue weighted by Crippen LogP contribution is -2.14. The molecule has 0 atom stereocenters. The van der Waals surface area contributed by atoms with Gasteiger partial charge in [-0.05, 0) is 24.3 Å². The van der Waals surface area contributed by atoms with Crippen molar-refractivity contribution in [3.8, 4) is 0 Å². The van der Waals surface area contributed by atoms with Crippen molar-refractivity contribution in [2.45, 2.75) is 0 Å². The van der Waals surface area contributed by atoms with Crippen LogP contribution >= 0.6 is 11.6 Å². The number of aromatic nitrogens is 1. The Balaban J connectivity index is 2.28. The first-order chi connectivity index (χ1) is 9.51. The zero-order valence-electron chi connectivity index (χ0n) is 10.4. The number of nitrogens with one attached hydrogen (secondary N) is 2. The van der Waals surface area contributed by atoms with Crippen LogP contribution < -0.4 is 10.6 Å². The normalized spacial score (nSPS) is 10.2. The second kappa shape index (κ2) is 5.83. The molecule has 0 saturated heterocycles. The first kappa shape index (κ1) is 14.2. The van der Waals surface area contributed by atoms with Crippen molar-refractivity contribution < 1.29 is 13.6 Å². The summed E-state index contributed by atoms with van der Waals surface area (Å²) in [5.74, 6) is -2.38. The van der Waals surface area contributed by atoms with E-state index in [9.17, 15) is 13.6 Å². The molecule has 2 aromatic rings. The van der Waals surface area contributed by atoms with E-state index in [2.05, 4.69) is 15.6 Å². The van der Waals surface area contributed by atoms with Gasteiger partial charge in [-0.1, -0.05) is 17.7 Å². The van der Waals surface area contributed by atoms with Crippen LogP contribution in [0.25, 0.3) is 0 Å². The molecule has 0 fully saturated rings. The lowest BCUT2D eigenvalue weighted by molar-refractivity contribution is 0.102. The van der Waals surface area contributed by atoms with Crippen molar-refractivity contribution in [2.24, 2.45) is 0 Å². The zero-order valence-corrected chi connectivity index (χ0v) is 11.1. The van der Waals surface area contributed by atoms with Crippen LogP contribution in [0.4, 0.5) is 20.3 Å². The van der Waals surface area contributed by atoms with Gasteiger partial charge in [0.25, 0.3) is 5.91 Å². The van der Waals surface area contributed by atoms with Crippen LogP contribution in [0.5, 0.6) is 0 Å². The van der Waals surface area contributed by atoms with Crippen LogP contribution in [0, 0.1) is 11.6 Å². The molecule has 1 heterocycles. The van der Waals surface area contributed by atoms with Crippen LogP contribution in [-0.2, 0) is 0 Å². The molecule has 0 unspecified atom stereocenters. The van der Waals surface area contributed by atoms with E-state index in [1.54, 1.807) is 7.05 Å². The van der Waals surface area contributed by atoms with Crippen LogP contribution in [0.2, 0.25) is 5.15 Å². The zero-order chi connectivity index (χ0) is 14.7. The highest BCUT2D eigenvalue weighted by atomic mass is 35.5. The van der Waals surface area contributed by atoms with Crippen molar-refractivity contribution in [1.82, 2.24) is 4.98 Å². The molecule has 0 saturated carbocycles. The van der Waals surface area contributed by atoms with Gasteiger partial charge in [-0.2, -0.15) is 0 Å². The standard InChI is InChI=1S/C13H10ClF2N3O/c1-17-11-6-7(5-10(14)19-11)13(20)18-9-4-2-3-8(15)12(9)16/h2-6H,1H3,(H,17,19)(H,18,20). The van der Waals surface area contributed by atoms with E-state index in [1.807, 2.05) is 0 Å². The van der Waals surface area contributed by atoms with Gasteiger partial charge in [0.2, 0.25) is 0 Å². The number of nitrogens with zero attached hydrogens (tertiary/aromatic N) is 1. The molecule has 1 aromatic heterocycles. The van der Waals surface area contributed by atoms with Gasteiger partial charge in [0.15, 0.2) is 11.6 Å². The number of carbonyl (C=O) groups is 1. The highest BCUT2D eigenvalue weighted by Gasteiger charge is 2.13. The summed E-state index contributed by atoms with van der Waals surface area (Å²) < 4.78 is 26.5. The summed E-state index contributed by atoms with van der Waals surface area (Å²) >= 11 is 5.77. The van der Waals surface area contributed by atoms with E-state index in [-0.39, 0.29) is 16.4 Å². The predicted octanol–water partition coefficient (Wildman–Crippen LogP) is 3.31. The first-order valence-electron chi connectivity index (χ1n) is 5.62. The second-order valence-electron chi connectivity index (χ2n) is 3.87. The minimum Gasteiger partial charge on any atom is -0.373 e. The number of hydrogen-bond donors (Lipinski definition) is 2. The van der Waals surface area contributed by atoms with E-state index >= 15 is 0 Å². The van der Waals surface area contributed by atoms with Gasteiger partial charge < -0.3 is 10.6 Å². The minimum atomic E-state index is -1.12. The van der Waals surface area contributed by atoms with Crippen LogP contribution in [-0.4, -0.2) is 17.9 Å². The Hall–Kier alpha value is -2.21. The first-order valence-corrected chi connectivity index (χ1v) is 5.99. The smallest absolute Gasteiger partial charge is 0.255 e. The summed E-state index contributed by atoms with van der Waals surface area (Å²) in [7, 11) is 1.62. The Labute approximate surface area is 118 Å². The molecule has 4 nitrogen and oxygen atoms in total. The van der Waals surface area contributed by atoms with E-state index in [1.165, 1.54) is 24.3 Å². The lowest BCUT2D eigenvalue weighted by Gasteiger charge is -2.08. The summed E-state index contributed by atoms with van der Waals surface area (Å²) in [4.78, 5) is 15.9. The number of anilines is 2. The Morgan fingerprint density at radius 2 is 2.05 bits per heavy atom.